The zero-order valence-electron chi connectivity index (χ0n) is 18.8. The van der Waals surface area contributed by atoms with Crippen LogP contribution in [-0.2, 0) is 25.9 Å². The molecule has 0 saturated heterocycles. The Bertz CT molecular complexity index is 1100. The summed E-state index contributed by atoms with van der Waals surface area (Å²) < 4.78 is 31.8. The molecule has 0 radical (unpaired) electrons. The number of ketones is 1. The van der Waals surface area contributed by atoms with Crippen molar-refractivity contribution in [3.8, 4) is 0 Å². The molecule has 2 aromatic rings. The lowest BCUT2D eigenvalue weighted by atomic mass is 9.97. The lowest BCUT2D eigenvalue weighted by Gasteiger charge is -2.15. The quantitative estimate of drug-likeness (QED) is 0.296. The molecule has 3 rings (SSSR count). The Kier molecular flexibility index (Phi) is 8.07. The number of aromatic nitrogens is 1. The summed E-state index contributed by atoms with van der Waals surface area (Å²) in [6.45, 7) is 4.32. The van der Waals surface area contributed by atoms with Crippen LogP contribution in [0.2, 0.25) is 0 Å². The highest BCUT2D eigenvalue weighted by atomic mass is 32.2. The molecule has 7 heteroatoms. The number of Topliss-reactive ketones (excluding diaryl/α,β-unsaturated/α-hetero) is 1. The van der Waals surface area contributed by atoms with Gasteiger partial charge in [-0.05, 0) is 64.2 Å². The van der Waals surface area contributed by atoms with Crippen molar-refractivity contribution in [2.24, 2.45) is 0 Å². The molecule has 1 aliphatic rings. The molecule has 0 bridgehead atoms. The molecule has 6 nitrogen and oxygen atoms in total. The Hall–Kier alpha value is -2.67. The third-order valence-corrected chi connectivity index (χ3v) is 7.69. The normalized spacial score (nSPS) is 14.1. The Morgan fingerprint density at radius 2 is 1.84 bits per heavy atom. The van der Waals surface area contributed by atoms with Crippen LogP contribution in [-0.4, -0.2) is 37.1 Å². The standard InChI is InChI=1S/C25H31NO5S/c1-19-17-23(20(2)26(19)15-13-21-9-5-3-6-10-21)24(27)18-31-25(28)14-16-32(29,30)22-11-7-4-8-12-22/h4,7-9,11-12,17H,3,5-6,10,13-16,18H2,1-2H3. The zero-order chi connectivity index (χ0) is 23.1. The fourth-order valence-electron chi connectivity index (χ4n) is 4.07. The van der Waals surface area contributed by atoms with Crippen molar-refractivity contribution in [1.82, 2.24) is 4.57 Å². The van der Waals surface area contributed by atoms with Gasteiger partial charge in [-0.25, -0.2) is 8.42 Å². The van der Waals surface area contributed by atoms with E-state index < -0.39 is 15.8 Å². The van der Waals surface area contributed by atoms with E-state index in [4.69, 9.17) is 4.74 Å². The van der Waals surface area contributed by atoms with E-state index in [1.807, 2.05) is 19.9 Å². The molecule has 0 atom stereocenters. The largest absolute Gasteiger partial charge is 0.457 e. The lowest BCUT2D eigenvalue weighted by molar-refractivity contribution is -0.142. The molecular formula is C25H31NO5S. The van der Waals surface area contributed by atoms with E-state index in [0.29, 0.717) is 5.56 Å². The third kappa shape index (κ3) is 6.19. The van der Waals surface area contributed by atoms with Gasteiger partial charge in [-0.3, -0.25) is 9.59 Å². The number of carbonyl (C=O) groups excluding carboxylic acids is 2. The third-order valence-electron chi connectivity index (χ3n) is 5.96. The number of aryl methyl sites for hydroxylation is 1. The Morgan fingerprint density at radius 3 is 2.53 bits per heavy atom. The minimum Gasteiger partial charge on any atom is -0.457 e. The molecule has 0 unspecified atom stereocenters. The van der Waals surface area contributed by atoms with Crippen molar-refractivity contribution in [2.45, 2.75) is 63.8 Å². The second-order valence-corrected chi connectivity index (χ2v) is 10.4. The number of nitrogens with zero attached hydrogens (tertiary/aromatic N) is 1. The lowest BCUT2D eigenvalue weighted by Crippen LogP contribution is -2.18. The summed E-state index contributed by atoms with van der Waals surface area (Å²) in [4.78, 5) is 24.9. The van der Waals surface area contributed by atoms with Gasteiger partial charge in [-0.2, -0.15) is 0 Å². The minimum absolute atomic E-state index is 0.167. The second-order valence-electron chi connectivity index (χ2n) is 8.26. The fraction of sp³-hybridized carbons (Fsp3) is 0.440. The van der Waals surface area contributed by atoms with Crippen molar-refractivity contribution in [1.29, 1.82) is 0 Å². The maximum Gasteiger partial charge on any atom is 0.307 e. The highest BCUT2D eigenvalue weighted by Gasteiger charge is 2.20. The fourth-order valence-corrected chi connectivity index (χ4v) is 5.32. The molecule has 0 saturated carbocycles. The van der Waals surface area contributed by atoms with Crippen molar-refractivity contribution < 1.29 is 22.7 Å². The van der Waals surface area contributed by atoms with Crippen LogP contribution in [0.25, 0.3) is 0 Å². The molecular weight excluding hydrogens is 426 g/mol. The number of rotatable bonds is 10. The van der Waals surface area contributed by atoms with Crippen LogP contribution in [0.1, 0.15) is 60.3 Å². The van der Waals surface area contributed by atoms with Crippen molar-refractivity contribution in [2.75, 3.05) is 12.4 Å². The molecule has 1 aliphatic carbocycles. The van der Waals surface area contributed by atoms with E-state index >= 15 is 0 Å². The maximum absolute atomic E-state index is 12.6. The first-order valence-electron chi connectivity index (χ1n) is 11.1. The SMILES string of the molecule is Cc1cc(C(=O)COC(=O)CCS(=O)(=O)c2ccccc2)c(C)n1CCC1=CCCCC1. The van der Waals surface area contributed by atoms with Crippen LogP contribution in [0, 0.1) is 13.8 Å². The molecule has 1 heterocycles. The van der Waals surface area contributed by atoms with E-state index in [1.54, 1.807) is 18.2 Å². The summed E-state index contributed by atoms with van der Waals surface area (Å²) in [7, 11) is -3.56. The minimum atomic E-state index is -3.56. The summed E-state index contributed by atoms with van der Waals surface area (Å²) in [5.74, 6) is -1.33. The smallest absolute Gasteiger partial charge is 0.307 e. The number of sulfone groups is 1. The molecule has 32 heavy (non-hydrogen) atoms. The second kappa shape index (κ2) is 10.8. The molecule has 1 aromatic carbocycles. The van der Waals surface area contributed by atoms with Crippen LogP contribution < -0.4 is 0 Å². The van der Waals surface area contributed by atoms with Gasteiger partial charge >= 0.3 is 5.97 Å². The summed E-state index contributed by atoms with van der Waals surface area (Å²) >= 11 is 0. The highest BCUT2D eigenvalue weighted by molar-refractivity contribution is 7.91. The van der Waals surface area contributed by atoms with Crippen LogP contribution in [0.5, 0.6) is 0 Å². The Labute approximate surface area is 190 Å². The summed E-state index contributed by atoms with van der Waals surface area (Å²) in [5.41, 5.74) is 3.90. The molecule has 0 fully saturated rings. The number of allylic oxidation sites excluding steroid dienone is 2. The van der Waals surface area contributed by atoms with Gasteiger partial charge in [0.25, 0.3) is 0 Å². The molecule has 0 spiro atoms. The van der Waals surface area contributed by atoms with Crippen LogP contribution in [0.4, 0.5) is 0 Å². The van der Waals surface area contributed by atoms with Gasteiger partial charge in [0.15, 0.2) is 16.4 Å². The van der Waals surface area contributed by atoms with E-state index in [-0.39, 0.29) is 29.5 Å². The summed E-state index contributed by atoms with van der Waals surface area (Å²) in [5, 5.41) is 0. The number of carbonyl (C=O) groups is 2. The number of benzene rings is 1. The van der Waals surface area contributed by atoms with Gasteiger partial charge in [-0.15, -0.1) is 0 Å². The number of ether oxygens (including phenoxy) is 1. The topological polar surface area (TPSA) is 82.4 Å². The average molecular weight is 458 g/mol. The van der Waals surface area contributed by atoms with Crippen LogP contribution >= 0.6 is 0 Å². The monoisotopic (exact) mass is 457 g/mol. The van der Waals surface area contributed by atoms with Crippen molar-refractivity contribution >= 4 is 21.6 Å². The summed E-state index contributed by atoms with van der Waals surface area (Å²) in [6, 6.07) is 9.80. The average Bonchev–Trinajstić information content (AvgIpc) is 3.09. The van der Waals surface area contributed by atoms with Gasteiger partial charge in [0.05, 0.1) is 17.1 Å². The first-order valence-corrected chi connectivity index (χ1v) is 12.7. The Balaban J connectivity index is 1.52. The van der Waals surface area contributed by atoms with E-state index in [9.17, 15) is 18.0 Å². The predicted molar refractivity (Wildman–Crippen MR) is 123 cm³/mol. The summed E-state index contributed by atoms with van der Waals surface area (Å²) in [6.07, 6.45) is 7.84. The van der Waals surface area contributed by atoms with E-state index in [2.05, 4.69) is 10.6 Å². The van der Waals surface area contributed by atoms with E-state index in [0.717, 1.165) is 37.2 Å². The Morgan fingerprint density at radius 1 is 1.09 bits per heavy atom. The number of esters is 1. The van der Waals surface area contributed by atoms with Gasteiger partial charge in [0, 0.05) is 23.5 Å². The first kappa shape index (κ1) is 24.0. The molecule has 0 aliphatic heterocycles. The highest BCUT2D eigenvalue weighted by Crippen LogP contribution is 2.23. The van der Waals surface area contributed by atoms with Gasteiger partial charge < -0.3 is 9.30 Å². The first-order chi connectivity index (χ1) is 15.3. The molecule has 0 N–H and O–H groups in total. The van der Waals surface area contributed by atoms with Gasteiger partial charge in [0.2, 0.25) is 5.78 Å². The zero-order valence-corrected chi connectivity index (χ0v) is 19.6. The van der Waals surface area contributed by atoms with Crippen LogP contribution in [0.15, 0.2) is 52.9 Å². The van der Waals surface area contributed by atoms with Crippen molar-refractivity contribution in [3.63, 3.8) is 0 Å². The van der Waals surface area contributed by atoms with Gasteiger partial charge in [-0.1, -0.05) is 29.8 Å². The van der Waals surface area contributed by atoms with Crippen LogP contribution in [0.3, 0.4) is 0 Å². The molecule has 172 valence electrons. The van der Waals surface area contributed by atoms with E-state index in [1.165, 1.54) is 30.5 Å². The molecule has 1 aromatic heterocycles. The molecule has 0 amide bonds. The number of hydrogen-bond donors (Lipinski definition) is 0. The van der Waals surface area contributed by atoms with Crippen molar-refractivity contribution in [3.05, 3.63) is 65.0 Å². The predicted octanol–water partition coefficient (Wildman–Crippen LogP) is 4.59. The van der Waals surface area contributed by atoms with Gasteiger partial charge in [0.1, 0.15) is 0 Å². The maximum atomic E-state index is 12.6. The number of hydrogen-bond acceptors (Lipinski definition) is 5.